The Balaban J connectivity index is 3.51. The van der Waals surface area contributed by atoms with Crippen molar-refractivity contribution in [1.29, 1.82) is 0 Å². The topological polar surface area (TPSA) is 77.5 Å². The molecule has 0 aliphatic heterocycles. The Kier molecular flexibility index (Phi) is 3.44. The highest BCUT2D eigenvalue weighted by atomic mass is 32.2. The fraction of sp³-hybridized carbons (Fsp3) is 0.200. The third kappa shape index (κ3) is 2.46. The van der Waals surface area contributed by atoms with Crippen LogP contribution in [-0.2, 0) is 14.6 Å². The highest BCUT2D eigenvalue weighted by Crippen LogP contribution is 2.17. The molecule has 0 unspecified atom stereocenters. The Morgan fingerprint density at radius 1 is 1.38 bits per heavy atom. The van der Waals surface area contributed by atoms with E-state index in [2.05, 4.69) is 4.74 Å². The Morgan fingerprint density at radius 2 is 2.00 bits per heavy atom. The zero-order chi connectivity index (χ0) is 12.3. The minimum atomic E-state index is -3.53. The van der Waals surface area contributed by atoms with Crippen molar-refractivity contribution in [3.8, 4) is 0 Å². The largest absolute Gasteiger partial charge is 0.465 e. The monoisotopic (exact) mass is 242 g/mol. The number of aldehydes is 1. The number of hydrogen-bond donors (Lipinski definition) is 0. The molecule has 0 spiro atoms. The molecule has 0 atom stereocenters. The van der Waals surface area contributed by atoms with Crippen molar-refractivity contribution in [2.45, 2.75) is 4.90 Å². The van der Waals surface area contributed by atoms with Crippen LogP contribution in [0.5, 0.6) is 0 Å². The fourth-order valence-corrected chi connectivity index (χ4v) is 2.07. The lowest BCUT2D eigenvalue weighted by atomic mass is 10.1. The van der Waals surface area contributed by atoms with Crippen LogP contribution in [0.15, 0.2) is 23.1 Å². The molecule has 1 aromatic carbocycles. The lowest BCUT2D eigenvalue weighted by Crippen LogP contribution is -2.10. The molecule has 0 saturated heterocycles. The predicted molar refractivity (Wildman–Crippen MR) is 56.3 cm³/mol. The summed E-state index contributed by atoms with van der Waals surface area (Å²) in [5, 5.41) is 0. The van der Waals surface area contributed by atoms with Gasteiger partial charge >= 0.3 is 5.97 Å². The normalized spacial score (nSPS) is 10.9. The summed E-state index contributed by atoms with van der Waals surface area (Å²) in [6, 6.07) is 3.73. The Labute approximate surface area is 93.0 Å². The molecule has 0 amide bonds. The molecular weight excluding hydrogens is 232 g/mol. The molecule has 86 valence electrons. The molecule has 0 bridgehead atoms. The van der Waals surface area contributed by atoms with Gasteiger partial charge in [-0.05, 0) is 12.1 Å². The van der Waals surface area contributed by atoms with E-state index in [1.807, 2.05) is 0 Å². The van der Waals surface area contributed by atoms with Crippen molar-refractivity contribution in [3.05, 3.63) is 29.3 Å². The smallest absolute Gasteiger partial charge is 0.339 e. The maximum absolute atomic E-state index is 11.4. The van der Waals surface area contributed by atoms with Crippen LogP contribution in [0.3, 0.4) is 0 Å². The van der Waals surface area contributed by atoms with Gasteiger partial charge in [-0.25, -0.2) is 13.2 Å². The molecule has 0 aliphatic carbocycles. The summed E-state index contributed by atoms with van der Waals surface area (Å²) >= 11 is 0. The number of methoxy groups -OCH3 is 1. The van der Waals surface area contributed by atoms with Gasteiger partial charge in [0.1, 0.15) is 6.29 Å². The van der Waals surface area contributed by atoms with Crippen molar-refractivity contribution in [1.82, 2.24) is 0 Å². The molecule has 0 heterocycles. The van der Waals surface area contributed by atoms with Crippen molar-refractivity contribution < 1.29 is 22.7 Å². The first-order valence-electron chi connectivity index (χ1n) is 4.27. The molecule has 0 aromatic heterocycles. The maximum atomic E-state index is 11.4. The first-order chi connectivity index (χ1) is 7.40. The number of rotatable bonds is 3. The molecule has 0 fully saturated rings. The number of carbonyl (C=O) groups excluding carboxylic acids is 2. The van der Waals surface area contributed by atoms with Gasteiger partial charge in [-0.15, -0.1) is 0 Å². The van der Waals surface area contributed by atoms with Crippen LogP contribution in [0, 0.1) is 0 Å². The molecule has 1 aromatic rings. The van der Waals surface area contributed by atoms with Crippen LogP contribution in [0.4, 0.5) is 0 Å². The summed E-state index contributed by atoms with van der Waals surface area (Å²) in [5.41, 5.74) is 0.0856. The van der Waals surface area contributed by atoms with Gasteiger partial charge < -0.3 is 4.74 Å². The number of sulfone groups is 1. The number of carbonyl (C=O) groups is 2. The van der Waals surface area contributed by atoms with E-state index in [0.29, 0.717) is 6.29 Å². The van der Waals surface area contributed by atoms with Crippen LogP contribution >= 0.6 is 0 Å². The van der Waals surface area contributed by atoms with E-state index in [9.17, 15) is 18.0 Å². The summed E-state index contributed by atoms with van der Waals surface area (Å²) in [7, 11) is -2.39. The molecule has 0 aliphatic rings. The molecule has 16 heavy (non-hydrogen) atoms. The second-order valence-electron chi connectivity index (χ2n) is 3.14. The minimum Gasteiger partial charge on any atom is -0.465 e. The number of esters is 1. The summed E-state index contributed by atoms with van der Waals surface area (Å²) in [5.74, 6) is -0.788. The first kappa shape index (κ1) is 12.4. The highest BCUT2D eigenvalue weighted by molar-refractivity contribution is 7.90. The van der Waals surface area contributed by atoms with Gasteiger partial charge in [0.25, 0.3) is 0 Å². The Bertz CT molecular complexity index is 530. The molecule has 0 N–H and O–H groups in total. The van der Waals surface area contributed by atoms with E-state index in [-0.39, 0.29) is 16.0 Å². The Hall–Kier alpha value is -1.69. The summed E-state index contributed by atoms with van der Waals surface area (Å²) in [6.07, 6.45) is 1.51. The summed E-state index contributed by atoms with van der Waals surface area (Å²) < 4.78 is 27.2. The maximum Gasteiger partial charge on any atom is 0.339 e. The van der Waals surface area contributed by atoms with E-state index in [1.165, 1.54) is 18.2 Å². The van der Waals surface area contributed by atoms with Gasteiger partial charge in [0.05, 0.1) is 17.6 Å². The molecule has 0 radical (unpaired) electrons. The fourth-order valence-electron chi connectivity index (χ4n) is 1.21. The van der Waals surface area contributed by atoms with E-state index in [0.717, 1.165) is 13.4 Å². The average molecular weight is 242 g/mol. The van der Waals surface area contributed by atoms with E-state index < -0.39 is 15.8 Å². The van der Waals surface area contributed by atoms with Gasteiger partial charge in [-0.2, -0.15) is 0 Å². The van der Waals surface area contributed by atoms with Gasteiger partial charge in [-0.1, -0.05) is 6.07 Å². The van der Waals surface area contributed by atoms with Crippen LogP contribution < -0.4 is 0 Å². The zero-order valence-electron chi connectivity index (χ0n) is 8.76. The van der Waals surface area contributed by atoms with Gasteiger partial charge in [0.15, 0.2) is 9.84 Å². The summed E-state index contributed by atoms with van der Waals surface area (Å²) in [4.78, 5) is 21.7. The minimum absolute atomic E-state index is 0.130. The molecule has 0 saturated carbocycles. The number of benzene rings is 1. The van der Waals surface area contributed by atoms with Crippen molar-refractivity contribution in [2.24, 2.45) is 0 Å². The third-order valence-corrected chi connectivity index (χ3v) is 3.10. The second kappa shape index (κ2) is 4.44. The molecule has 1 rings (SSSR count). The lowest BCUT2D eigenvalue weighted by molar-refractivity contribution is 0.0596. The summed E-state index contributed by atoms with van der Waals surface area (Å²) in [6.45, 7) is 0. The van der Waals surface area contributed by atoms with Gasteiger partial charge in [0.2, 0.25) is 0 Å². The first-order valence-corrected chi connectivity index (χ1v) is 6.17. The lowest BCUT2D eigenvalue weighted by Gasteiger charge is -2.06. The van der Waals surface area contributed by atoms with Gasteiger partial charge in [0, 0.05) is 11.8 Å². The van der Waals surface area contributed by atoms with Crippen molar-refractivity contribution in [3.63, 3.8) is 0 Å². The molecule has 5 nitrogen and oxygen atoms in total. The van der Waals surface area contributed by atoms with E-state index in [4.69, 9.17) is 0 Å². The standard InChI is InChI=1S/C10H10O5S/c1-15-10(12)8-5-7(6-11)3-4-9(8)16(2,13)14/h3-6H,1-2H3. The number of ether oxygens (including phenoxy) is 1. The van der Waals surface area contributed by atoms with E-state index in [1.54, 1.807) is 0 Å². The Morgan fingerprint density at radius 3 is 2.44 bits per heavy atom. The average Bonchev–Trinajstić information content (AvgIpc) is 2.25. The van der Waals surface area contributed by atoms with Crippen molar-refractivity contribution >= 4 is 22.1 Å². The third-order valence-electron chi connectivity index (χ3n) is 1.94. The van der Waals surface area contributed by atoms with Gasteiger partial charge in [-0.3, -0.25) is 4.79 Å². The second-order valence-corrected chi connectivity index (χ2v) is 5.12. The van der Waals surface area contributed by atoms with E-state index >= 15 is 0 Å². The highest BCUT2D eigenvalue weighted by Gasteiger charge is 2.19. The number of hydrogen-bond acceptors (Lipinski definition) is 5. The van der Waals surface area contributed by atoms with Crippen LogP contribution in [0.25, 0.3) is 0 Å². The van der Waals surface area contributed by atoms with Crippen molar-refractivity contribution in [2.75, 3.05) is 13.4 Å². The SMILES string of the molecule is COC(=O)c1cc(C=O)ccc1S(C)(=O)=O. The molecular formula is C10H10O5S. The zero-order valence-corrected chi connectivity index (χ0v) is 9.58. The predicted octanol–water partition coefficient (Wildman–Crippen LogP) is 0.689. The van der Waals surface area contributed by atoms with Crippen LogP contribution in [0.1, 0.15) is 20.7 Å². The van der Waals surface area contributed by atoms with Crippen LogP contribution in [0.2, 0.25) is 0 Å². The quantitative estimate of drug-likeness (QED) is 0.575. The van der Waals surface area contributed by atoms with Crippen LogP contribution in [-0.4, -0.2) is 34.0 Å². The molecule has 6 heteroatoms.